The highest BCUT2D eigenvalue weighted by Crippen LogP contribution is 2.37. The van der Waals surface area contributed by atoms with E-state index in [4.69, 9.17) is 9.47 Å². The maximum atomic E-state index is 13.9. The molecule has 5 rings (SSSR count). The quantitative estimate of drug-likeness (QED) is 0.704. The van der Waals surface area contributed by atoms with Crippen LogP contribution in [0.4, 0.5) is 4.39 Å². The van der Waals surface area contributed by atoms with Gasteiger partial charge in [0.15, 0.2) is 0 Å². The summed E-state index contributed by atoms with van der Waals surface area (Å²) in [6, 6.07) is 14.8. The standard InChI is InChI=1S/C27H33FN2O3/c1-32-25-18-33-24(17-23(25)29-14-5-2-6-15-29)27(31)30-16-13-19-7-3-4-8-22(19)26(30)20-9-11-21(28)12-10-20/h3-4,7-12,23-26H,2,5-6,13-18H2,1H3/t23-,24+,25-,26-/m0/s1. The summed E-state index contributed by atoms with van der Waals surface area (Å²) in [5, 5.41) is 0. The highest BCUT2D eigenvalue weighted by atomic mass is 19.1. The molecule has 3 heterocycles. The van der Waals surface area contributed by atoms with E-state index >= 15 is 0 Å². The topological polar surface area (TPSA) is 42.0 Å². The Morgan fingerprint density at radius 2 is 1.79 bits per heavy atom. The fourth-order valence-electron chi connectivity index (χ4n) is 5.79. The summed E-state index contributed by atoms with van der Waals surface area (Å²) in [5.74, 6) is -0.248. The van der Waals surface area contributed by atoms with Crippen molar-refractivity contribution in [2.75, 3.05) is 33.4 Å². The van der Waals surface area contributed by atoms with Gasteiger partial charge in [0, 0.05) is 26.1 Å². The minimum atomic E-state index is -0.489. The number of rotatable bonds is 4. The number of hydrogen-bond donors (Lipinski definition) is 0. The third-order valence-electron chi connectivity index (χ3n) is 7.54. The van der Waals surface area contributed by atoms with Gasteiger partial charge in [-0.05, 0) is 61.2 Å². The molecule has 4 atom stereocenters. The van der Waals surface area contributed by atoms with Crippen LogP contribution in [-0.4, -0.2) is 67.3 Å². The molecule has 2 fully saturated rings. The number of methoxy groups -OCH3 is 1. The van der Waals surface area contributed by atoms with Gasteiger partial charge in [0.1, 0.15) is 11.9 Å². The lowest BCUT2D eigenvalue weighted by atomic mass is 9.87. The van der Waals surface area contributed by atoms with Crippen molar-refractivity contribution in [2.24, 2.45) is 0 Å². The minimum Gasteiger partial charge on any atom is -0.377 e. The molecule has 2 saturated heterocycles. The first-order chi connectivity index (χ1) is 16.2. The number of amides is 1. The zero-order chi connectivity index (χ0) is 22.8. The molecule has 176 valence electrons. The molecular weight excluding hydrogens is 419 g/mol. The molecule has 2 aromatic carbocycles. The predicted molar refractivity (Wildman–Crippen MR) is 124 cm³/mol. The summed E-state index contributed by atoms with van der Waals surface area (Å²) < 4.78 is 25.5. The number of likely N-dealkylation sites (tertiary alicyclic amines) is 1. The van der Waals surface area contributed by atoms with Crippen molar-refractivity contribution in [3.8, 4) is 0 Å². The van der Waals surface area contributed by atoms with E-state index in [-0.39, 0.29) is 29.9 Å². The number of nitrogens with zero attached hydrogens (tertiary/aromatic N) is 2. The Balaban J connectivity index is 1.42. The highest BCUT2D eigenvalue weighted by molar-refractivity contribution is 5.82. The molecule has 0 aliphatic carbocycles. The Kier molecular flexibility index (Phi) is 6.76. The van der Waals surface area contributed by atoms with Crippen molar-refractivity contribution in [1.82, 2.24) is 9.80 Å². The van der Waals surface area contributed by atoms with E-state index in [0.717, 1.165) is 30.6 Å². The van der Waals surface area contributed by atoms with Crippen LogP contribution in [0, 0.1) is 5.82 Å². The molecule has 0 unspecified atom stereocenters. The van der Waals surface area contributed by atoms with E-state index < -0.39 is 6.10 Å². The van der Waals surface area contributed by atoms with E-state index in [9.17, 15) is 9.18 Å². The zero-order valence-corrected chi connectivity index (χ0v) is 19.3. The van der Waals surface area contributed by atoms with Gasteiger partial charge in [-0.15, -0.1) is 0 Å². The van der Waals surface area contributed by atoms with Crippen molar-refractivity contribution >= 4 is 5.91 Å². The fourth-order valence-corrected chi connectivity index (χ4v) is 5.79. The fraction of sp³-hybridized carbons (Fsp3) is 0.519. The largest absolute Gasteiger partial charge is 0.377 e. The zero-order valence-electron chi connectivity index (χ0n) is 19.3. The smallest absolute Gasteiger partial charge is 0.252 e. The molecule has 0 bridgehead atoms. The summed E-state index contributed by atoms with van der Waals surface area (Å²) in [6.45, 7) is 3.17. The van der Waals surface area contributed by atoms with Crippen molar-refractivity contribution in [3.63, 3.8) is 0 Å². The van der Waals surface area contributed by atoms with Crippen LogP contribution in [0.3, 0.4) is 0 Å². The number of carbonyl (C=O) groups excluding carboxylic acids is 1. The normalized spacial score (nSPS) is 28.4. The number of ether oxygens (including phenoxy) is 2. The van der Waals surface area contributed by atoms with E-state index in [1.165, 1.54) is 37.0 Å². The number of benzene rings is 2. The van der Waals surface area contributed by atoms with Gasteiger partial charge in [0.2, 0.25) is 0 Å². The maximum Gasteiger partial charge on any atom is 0.252 e. The lowest BCUT2D eigenvalue weighted by Gasteiger charge is -2.45. The lowest BCUT2D eigenvalue weighted by Crippen LogP contribution is -2.57. The second-order valence-electron chi connectivity index (χ2n) is 9.43. The van der Waals surface area contributed by atoms with Crippen molar-refractivity contribution in [1.29, 1.82) is 0 Å². The Morgan fingerprint density at radius 1 is 1.03 bits per heavy atom. The molecule has 33 heavy (non-hydrogen) atoms. The number of carbonyl (C=O) groups is 1. The van der Waals surface area contributed by atoms with Gasteiger partial charge in [-0.25, -0.2) is 4.39 Å². The van der Waals surface area contributed by atoms with Crippen molar-refractivity contribution in [3.05, 3.63) is 71.0 Å². The predicted octanol–water partition coefficient (Wildman–Crippen LogP) is 3.96. The van der Waals surface area contributed by atoms with Crippen LogP contribution < -0.4 is 0 Å². The van der Waals surface area contributed by atoms with Crippen LogP contribution in [0.1, 0.15) is 48.4 Å². The molecule has 0 N–H and O–H groups in total. The Hall–Kier alpha value is -2.28. The first kappa shape index (κ1) is 22.5. The Morgan fingerprint density at radius 3 is 2.55 bits per heavy atom. The Labute approximate surface area is 195 Å². The summed E-state index contributed by atoms with van der Waals surface area (Å²) in [7, 11) is 1.74. The molecule has 0 spiro atoms. The summed E-state index contributed by atoms with van der Waals surface area (Å²) in [5.41, 5.74) is 3.28. The molecule has 3 aliphatic heterocycles. The van der Waals surface area contributed by atoms with Gasteiger partial charge in [-0.1, -0.05) is 42.8 Å². The van der Waals surface area contributed by atoms with Crippen molar-refractivity contribution < 1.29 is 18.7 Å². The highest BCUT2D eigenvalue weighted by Gasteiger charge is 2.42. The van der Waals surface area contributed by atoms with Crippen molar-refractivity contribution in [2.45, 2.75) is 56.4 Å². The third kappa shape index (κ3) is 4.57. The molecule has 0 radical (unpaired) electrons. The first-order valence-corrected chi connectivity index (χ1v) is 12.2. The monoisotopic (exact) mass is 452 g/mol. The summed E-state index contributed by atoms with van der Waals surface area (Å²) in [6.07, 6.45) is 4.61. The molecule has 5 nitrogen and oxygen atoms in total. The van der Waals surface area contributed by atoms with E-state index in [1.54, 1.807) is 19.2 Å². The van der Waals surface area contributed by atoms with Crippen LogP contribution in [0.25, 0.3) is 0 Å². The Bertz CT molecular complexity index is 960. The lowest BCUT2D eigenvalue weighted by molar-refractivity contribution is -0.163. The van der Waals surface area contributed by atoms with Crippen LogP contribution in [-0.2, 0) is 20.7 Å². The molecule has 2 aromatic rings. The van der Waals surface area contributed by atoms with Crippen LogP contribution >= 0.6 is 0 Å². The molecular formula is C27H33FN2O3. The molecule has 0 aromatic heterocycles. The van der Waals surface area contributed by atoms with Crippen LogP contribution in [0.15, 0.2) is 48.5 Å². The molecule has 0 saturated carbocycles. The average Bonchev–Trinajstić information content (AvgIpc) is 2.88. The van der Waals surface area contributed by atoms with Crippen LogP contribution in [0.2, 0.25) is 0 Å². The molecule has 3 aliphatic rings. The van der Waals surface area contributed by atoms with E-state index in [2.05, 4.69) is 17.0 Å². The van der Waals surface area contributed by atoms with E-state index in [0.29, 0.717) is 19.6 Å². The third-order valence-corrected chi connectivity index (χ3v) is 7.54. The second kappa shape index (κ2) is 9.92. The van der Waals surface area contributed by atoms with E-state index in [1.807, 2.05) is 17.0 Å². The maximum absolute atomic E-state index is 13.9. The second-order valence-corrected chi connectivity index (χ2v) is 9.43. The average molecular weight is 453 g/mol. The van der Waals surface area contributed by atoms with Gasteiger partial charge in [-0.3, -0.25) is 9.69 Å². The minimum absolute atomic E-state index is 0.0119. The number of hydrogen-bond acceptors (Lipinski definition) is 4. The first-order valence-electron chi connectivity index (χ1n) is 12.2. The SMILES string of the molecule is CO[C@H]1CO[C@@H](C(=O)N2CCc3ccccc3[C@@H]2c2ccc(F)cc2)C[C@@H]1N1CCCCC1. The van der Waals surface area contributed by atoms with Gasteiger partial charge in [0.25, 0.3) is 5.91 Å². The summed E-state index contributed by atoms with van der Waals surface area (Å²) in [4.78, 5) is 18.3. The van der Waals surface area contributed by atoms with Crippen LogP contribution in [0.5, 0.6) is 0 Å². The molecule has 1 amide bonds. The number of piperidine rings is 1. The number of halogens is 1. The molecule has 6 heteroatoms. The van der Waals surface area contributed by atoms with Gasteiger partial charge in [0.05, 0.1) is 18.8 Å². The van der Waals surface area contributed by atoms with Gasteiger partial charge in [-0.2, -0.15) is 0 Å². The van der Waals surface area contributed by atoms with Gasteiger partial charge < -0.3 is 14.4 Å². The summed E-state index contributed by atoms with van der Waals surface area (Å²) >= 11 is 0. The number of fused-ring (bicyclic) bond motifs is 1. The van der Waals surface area contributed by atoms with Gasteiger partial charge >= 0.3 is 0 Å².